The number of likely N-dealkylation sites (tertiary alicyclic amines) is 1. The van der Waals surface area contributed by atoms with E-state index in [4.69, 9.17) is 9.73 Å². The molecule has 0 spiro atoms. The quantitative estimate of drug-likeness (QED) is 0.649. The van der Waals surface area contributed by atoms with Gasteiger partial charge in [-0.3, -0.25) is 4.90 Å². The van der Waals surface area contributed by atoms with Crippen molar-refractivity contribution >= 4 is 5.96 Å². The molecule has 26 heavy (non-hydrogen) atoms. The number of nitrogens with one attached hydrogen (secondary N) is 1. The number of guanidine groups is 1. The molecule has 0 unspecified atom stereocenters. The second kappa shape index (κ2) is 8.87. The van der Waals surface area contributed by atoms with E-state index in [0.717, 1.165) is 65.0 Å². The van der Waals surface area contributed by atoms with Crippen molar-refractivity contribution in [3.8, 4) is 0 Å². The summed E-state index contributed by atoms with van der Waals surface area (Å²) in [6, 6.07) is 8.86. The van der Waals surface area contributed by atoms with Crippen molar-refractivity contribution in [3.63, 3.8) is 0 Å². The zero-order valence-electron chi connectivity index (χ0n) is 16.6. The summed E-state index contributed by atoms with van der Waals surface area (Å²) in [5.41, 5.74) is 3.03. The number of morpholine rings is 1. The van der Waals surface area contributed by atoms with E-state index < -0.39 is 0 Å². The lowest BCUT2D eigenvalue weighted by molar-refractivity contribution is 0.0342. The van der Waals surface area contributed by atoms with E-state index in [2.05, 4.69) is 60.2 Å². The Morgan fingerprint density at radius 1 is 1.19 bits per heavy atom. The number of hydrogen-bond acceptors (Lipinski definition) is 3. The average Bonchev–Trinajstić information content (AvgIpc) is 2.99. The molecule has 0 atom stereocenters. The molecule has 5 nitrogen and oxygen atoms in total. The highest BCUT2D eigenvalue weighted by atomic mass is 16.5. The van der Waals surface area contributed by atoms with Crippen LogP contribution in [0.2, 0.25) is 0 Å². The average molecular weight is 359 g/mol. The molecule has 0 bridgehead atoms. The number of nitrogens with zero attached hydrogens (tertiary/aromatic N) is 3. The summed E-state index contributed by atoms with van der Waals surface area (Å²) in [5, 5.41) is 3.47. The van der Waals surface area contributed by atoms with Crippen molar-refractivity contribution < 1.29 is 4.74 Å². The lowest BCUT2D eigenvalue weighted by Crippen LogP contribution is -2.40. The summed E-state index contributed by atoms with van der Waals surface area (Å²) < 4.78 is 5.44. The van der Waals surface area contributed by atoms with E-state index in [0.29, 0.717) is 5.41 Å². The lowest BCUT2D eigenvalue weighted by Gasteiger charge is -2.26. The third kappa shape index (κ3) is 5.45. The van der Waals surface area contributed by atoms with Crippen LogP contribution in [0.3, 0.4) is 0 Å². The van der Waals surface area contributed by atoms with E-state index in [9.17, 15) is 0 Å². The Labute approximate surface area is 158 Å². The number of benzene rings is 1. The van der Waals surface area contributed by atoms with E-state index in [1.807, 2.05) is 0 Å². The molecule has 1 aromatic rings. The van der Waals surface area contributed by atoms with Gasteiger partial charge in [-0.25, -0.2) is 4.99 Å². The van der Waals surface area contributed by atoms with Crippen molar-refractivity contribution in [2.75, 3.05) is 45.9 Å². The minimum atomic E-state index is 0.383. The van der Waals surface area contributed by atoms with Gasteiger partial charge in [0, 0.05) is 39.3 Å². The van der Waals surface area contributed by atoms with Crippen LogP contribution < -0.4 is 5.32 Å². The molecular weight excluding hydrogens is 324 g/mol. The maximum atomic E-state index is 5.44. The highest BCUT2D eigenvalue weighted by Gasteiger charge is 2.30. The molecule has 2 aliphatic rings. The maximum Gasteiger partial charge on any atom is 0.194 e. The Kier molecular flexibility index (Phi) is 6.54. The third-order valence-corrected chi connectivity index (χ3v) is 5.22. The van der Waals surface area contributed by atoms with E-state index in [-0.39, 0.29) is 0 Å². The normalized spacial score (nSPS) is 21.2. The first-order valence-electron chi connectivity index (χ1n) is 9.97. The van der Waals surface area contributed by atoms with Gasteiger partial charge in [0.15, 0.2) is 5.96 Å². The largest absolute Gasteiger partial charge is 0.379 e. The zero-order valence-corrected chi connectivity index (χ0v) is 16.6. The van der Waals surface area contributed by atoms with Crippen LogP contribution in [0.5, 0.6) is 0 Å². The summed E-state index contributed by atoms with van der Waals surface area (Å²) in [4.78, 5) is 9.78. The second-order valence-corrected chi connectivity index (χ2v) is 8.21. The molecule has 1 aromatic carbocycles. The van der Waals surface area contributed by atoms with Crippen LogP contribution in [-0.4, -0.2) is 61.7 Å². The minimum absolute atomic E-state index is 0.383. The predicted molar refractivity (Wildman–Crippen MR) is 107 cm³/mol. The molecule has 0 saturated carbocycles. The van der Waals surface area contributed by atoms with Crippen molar-refractivity contribution in [3.05, 3.63) is 35.4 Å². The number of hydrogen-bond donors (Lipinski definition) is 1. The van der Waals surface area contributed by atoms with Crippen molar-refractivity contribution in [1.82, 2.24) is 15.1 Å². The van der Waals surface area contributed by atoms with Gasteiger partial charge in [0.25, 0.3) is 0 Å². The molecule has 0 aliphatic carbocycles. The monoisotopic (exact) mass is 358 g/mol. The maximum absolute atomic E-state index is 5.44. The molecule has 0 amide bonds. The SMILES string of the molecule is CCNC(=NCc1cccc(CN2CCOCC2)c1)N1CCC(C)(C)C1. The van der Waals surface area contributed by atoms with Crippen LogP contribution in [0.4, 0.5) is 0 Å². The standard InChI is InChI=1S/C21H34N4O/c1-4-22-20(25-9-8-21(2,3)17-25)23-15-18-6-5-7-19(14-18)16-24-10-12-26-13-11-24/h5-7,14H,4,8-13,15-17H2,1-3H3,(H,22,23). The number of aliphatic imine (C=N–C) groups is 1. The fraction of sp³-hybridized carbons (Fsp3) is 0.667. The molecular formula is C21H34N4O. The second-order valence-electron chi connectivity index (χ2n) is 8.21. The molecule has 5 heteroatoms. The van der Waals surface area contributed by atoms with Gasteiger partial charge in [-0.15, -0.1) is 0 Å². The van der Waals surface area contributed by atoms with Gasteiger partial charge in [-0.2, -0.15) is 0 Å². The molecule has 0 aromatic heterocycles. The van der Waals surface area contributed by atoms with Gasteiger partial charge in [-0.1, -0.05) is 38.1 Å². The zero-order chi connectivity index (χ0) is 18.4. The summed E-state index contributed by atoms with van der Waals surface area (Å²) in [6.07, 6.45) is 1.23. The van der Waals surface area contributed by atoms with E-state index >= 15 is 0 Å². The molecule has 144 valence electrons. The predicted octanol–water partition coefficient (Wildman–Crippen LogP) is 2.72. The van der Waals surface area contributed by atoms with Crippen LogP contribution in [0.1, 0.15) is 38.3 Å². The van der Waals surface area contributed by atoms with Crippen LogP contribution in [0.15, 0.2) is 29.3 Å². The van der Waals surface area contributed by atoms with Gasteiger partial charge in [0.2, 0.25) is 0 Å². The molecule has 2 fully saturated rings. The van der Waals surface area contributed by atoms with Crippen LogP contribution >= 0.6 is 0 Å². The van der Waals surface area contributed by atoms with Gasteiger partial charge in [0.05, 0.1) is 19.8 Å². The Morgan fingerprint density at radius 2 is 1.96 bits per heavy atom. The summed E-state index contributed by atoms with van der Waals surface area (Å²) >= 11 is 0. The molecule has 2 aliphatic heterocycles. The Balaban J connectivity index is 1.62. The van der Waals surface area contributed by atoms with Gasteiger partial charge >= 0.3 is 0 Å². The molecule has 3 rings (SSSR count). The molecule has 1 N–H and O–H groups in total. The van der Waals surface area contributed by atoms with Gasteiger partial charge < -0.3 is 15.0 Å². The van der Waals surface area contributed by atoms with E-state index in [1.54, 1.807) is 0 Å². The Morgan fingerprint density at radius 3 is 2.65 bits per heavy atom. The van der Waals surface area contributed by atoms with Crippen LogP contribution in [-0.2, 0) is 17.8 Å². The van der Waals surface area contributed by atoms with Crippen LogP contribution in [0.25, 0.3) is 0 Å². The highest BCUT2D eigenvalue weighted by Crippen LogP contribution is 2.28. The summed E-state index contributed by atoms with van der Waals surface area (Å²) in [7, 11) is 0. The highest BCUT2D eigenvalue weighted by molar-refractivity contribution is 5.80. The first-order chi connectivity index (χ1) is 12.6. The lowest BCUT2D eigenvalue weighted by atomic mass is 9.93. The first kappa shape index (κ1) is 19.2. The minimum Gasteiger partial charge on any atom is -0.379 e. The first-order valence-corrected chi connectivity index (χ1v) is 9.97. The smallest absolute Gasteiger partial charge is 0.194 e. The molecule has 0 radical (unpaired) electrons. The summed E-state index contributed by atoms with van der Waals surface area (Å²) in [6.45, 7) is 15.4. The van der Waals surface area contributed by atoms with Gasteiger partial charge in [-0.05, 0) is 29.9 Å². The fourth-order valence-electron chi connectivity index (χ4n) is 3.73. The third-order valence-electron chi connectivity index (χ3n) is 5.22. The van der Waals surface area contributed by atoms with Crippen molar-refractivity contribution in [1.29, 1.82) is 0 Å². The molecule has 2 heterocycles. The van der Waals surface area contributed by atoms with Crippen molar-refractivity contribution in [2.24, 2.45) is 10.4 Å². The fourth-order valence-corrected chi connectivity index (χ4v) is 3.73. The number of ether oxygens (including phenoxy) is 1. The van der Waals surface area contributed by atoms with Crippen LogP contribution in [0, 0.1) is 5.41 Å². The molecule has 2 saturated heterocycles. The summed E-state index contributed by atoms with van der Waals surface area (Å²) in [5.74, 6) is 1.05. The Hall–Kier alpha value is -1.59. The van der Waals surface area contributed by atoms with Crippen molar-refractivity contribution in [2.45, 2.75) is 40.3 Å². The van der Waals surface area contributed by atoms with Gasteiger partial charge in [0.1, 0.15) is 0 Å². The van der Waals surface area contributed by atoms with E-state index in [1.165, 1.54) is 17.5 Å². The topological polar surface area (TPSA) is 40.1 Å². The number of rotatable bonds is 5. The Bertz CT molecular complexity index is 608.